The number of hydrogen-bond donors (Lipinski definition) is 0. The normalized spacial score (nSPS) is 17.7. The summed E-state index contributed by atoms with van der Waals surface area (Å²) in [5.74, 6) is 1.42. The Morgan fingerprint density at radius 3 is 1.95 bits per heavy atom. The van der Waals surface area contributed by atoms with Crippen molar-refractivity contribution in [2.45, 2.75) is 52.4 Å². The zero-order valence-corrected chi connectivity index (χ0v) is 15.8. The third-order valence-electron chi connectivity index (χ3n) is 3.18. The first-order valence-electron chi connectivity index (χ1n) is 6.35. The minimum atomic E-state index is -3.61. The van der Waals surface area contributed by atoms with Crippen LogP contribution in [0, 0.1) is 0 Å². The fourth-order valence-corrected chi connectivity index (χ4v) is 5.59. The Hall–Kier alpha value is -0.0571. The van der Waals surface area contributed by atoms with Gasteiger partial charge < -0.3 is 0 Å². The van der Waals surface area contributed by atoms with Gasteiger partial charge in [0.05, 0.1) is 0 Å². The van der Waals surface area contributed by atoms with Crippen LogP contribution in [-0.4, -0.2) is 12.1 Å². The molecule has 1 aliphatic heterocycles. The standard InChI is InChI=1S/C14H20Cl2GeO2/c1-13(2,3)9-7-10(14(4,5)6)12-11(8-9)18-17(15,16)19-12/h7-8H,1-6H3. The van der Waals surface area contributed by atoms with Crippen molar-refractivity contribution in [1.29, 1.82) is 0 Å². The summed E-state index contributed by atoms with van der Waals surface area (Å²) < 4.78 is 11.4. The van der Waals surface area contributed by atoms with E-state index in [9.17, 15) is 0 Å². The van der Waals surface area contributed by atoms with Crippen LogP contribution in [0.15, 0.2) is 12.1 Å². The Balaban J connectivity index is 2.65. The molecule has 0 spiro atoms. The molecule has 1 aromatic carbocycles. The van der Waals surface area contributed by atoms with Gasteiger partial charge in [0.15, 0.2) is 0 Å². The number of rotatable bonds is 0. The van der Waals surface area contributed by atoms with Gasteiger partial charge in [-0.2, -0.15) is 0 Å². The molecule has 0 saturated heterocycles. The predicted octanol–water partition coefficient (Wildman–Crippen LogP) is 4.97. The van der Waals surface area contributed by atoms with E-state index in [0.29, 0.717) is 5.75 Å². The van der Waals surface area contributed by atoms with E-state index < -0.39 is 12.1 Å². The maximum atomic E-state index is 6.13. The van der Waals surface area contributed by atoms with Crippen LogP contribution in [-0.2, 0) is 10.8 Å². The van der Waals surface area contributed by atoms with Crippen LogP contribution in [0.5, 0.6) is 11.5 Å². The number of halogens is 2. The summed E-state index contributed by atoms with van der Waals surface area (Å²) in [6.07, 6.45) is 0. The summed E-state index contributed by atoms with van der Waals surface area (Å²) in [5.41, 5.74) is 2.29. The molecule has 1 aromatic rings. The van der Waals surface area contributed by atoms with Gasteiger partial charge in [0, 0.05) is 0 Å². The van der Waals surface area contributed by atoms with Crippen LogP contribution in [0.3, 0.4) is 0 Å². The van der Waals surface area contributed by atoms with Crippen molar-refractivity contribution in [2.75, 3.05) is 0 Å². The number of benzene rings is 1. The topological polar surface area (TPSA) is 18.5 Å². The van der Waals surface area contributed by atoms with Crippen LogP contribution < -0.4 is 7.53 Å². The van der Waals surface area contributed by atoms with Gasteiger partial charge in [-0.15, -0.1) is 0 Å². The molecule has 0 atom stereocenters. The second kappa shape index (κ2) is 4.47. The molecule has 0 unspecified atom stereocenters. The fraction of sp³-hybridized carbons (Fsp3) is 0.571. The zero-order valence-electron chi connectivity index (χ0n) is 12.2. The van der Waals surface area contributed by atoms with E-state index in [1.807, 2.05) is 6.07 Å². The number of hydrogen-bond acceptors (Lipinski definition) is 2. The van der Waals surface area contributed by atoms with Crippen molar-refractivity contribution >= 4 is 32.1 Å². The monoisotopic (exact) mass is 364 g/mol. The average Bonchev–Trinajstić information content (AvgIpc) is 2.46. The van der Waals surface area contributed by atoms with E-state index in [-0.39, 0.29) is 10.8 Å². The zero-order chi connectivity index (χ0) is 14.6. The van der Waals surface area contributed by atoms with Gasteiger partial charge in [0.1, 0.15) is 0 Å². The van der Waals surface area contributed by atoms with Gasteiger partial charge in [-0.1, -0.05) is 0 Å². The van der Waals surface area contributed by atoms with Gasteiger partial charge in [0.25, 0.3) is 0 Å². The van der Waals surface area contributed by atoms with Crippen LogP contribution in [0.25, 0.3) is 0 Å². The van der Waals surface area contributed by atoms with E-state index in [4.69, 9.17) is 27.5 Å². The third-order valence-corrected chi connectivity index (χ3v) is 6.67. The van der Waals surface area contributed by atoms with Crippen LogP contribution in [0.4, 0.5) is 0 Å². The summed E-state index contributed by atoms with van der Waals surface area (Å²) in [6.45, 7) is 13.0. The molecule has 0 aromatic heterocycles. The predicted molar refractivity (Wildman–Crippen MR) is 82.6 cm³/mol. The Morgan fingerprint density at radius 1 is 0.895 bits per heavy atom. The van der Waals surface area contributed by atoms with Gasteiger partial charge in [-0.3, -0.25) is 0 Å². The molecule has 0 fully saturated rings. The van der Waals surface area contributed by atoms with E-state index in [0.717, 1.165) is 11.3 Å². The van der Waals surface area contributed by atoms with Gasteiger partial charge in [0.2, 0.25) is 0 Å². The molecule has 106 valence electrons. The van der Waals surface area contributed by atoms with Gasteiger partial charge >= 0.3 is 127 Å². The Kier molecular flexibility index (Phi) is 3.61. The molecular formula is C14H20Cl2GeO2. The Labute approximate surface area is 126 Å². The van der Waals surface area contributed by atoms with E-state index in [1.54, 1.807) is 0 Å². The second-order valence-electron chi connectivity index (χ2n) is 7.02. The number of fused-ring (bicyclic) bond motifs is 1. The third kappa shape index (κ3) is 3.17. The summed E-state index contributed by atoms with van der Waals surface area (Å²) in [4.78, 5) is 0. The van der Waals surface area contributed by atoms with Gasteiger partial charge in [-0.25, -0.2) is 0 Å². The molecule has 0 amide bonds. The molecule has 19 heavy (non-hydrogen) atoms. The summed E-state index contributed by atoms with van der Waals surface area (Å²) in [7, 11) is 12.3. The minimum absolute atomic E-state index is 0.0370. The van der Waals surface area contributed by atoms with Gasteiger partial charge in [-0.05, 0) is 0 Å². The molecule has 1 aliphatic rings. The van der Waals surface area contributed by atoms with Crippen molar-refractivity contribution in [3.05, 3.63) is 23.3 Å². The first kappa shape index (κ1) is 15.3. The van der Waals surface area contributed by atoms with Crippen LogP contribution in [0.1, 0.15) is 52.7 Å². The second-order valence-corrected chi connectivity index (χ2v) is 16.0. The first-order valence-corrected chi connectivity index (χ1v) is 13.6. The van der Waals surface area contributed by atoms with E-state index >= 15 is 0 Å². The summed E-state index contributed by atoms with van der Waals surface area (Å²) >= 11 is -3.61. The molecule has 0 bridgehead atoms. The molecule has 5 heteroatoms. The molecular weight excluding hydrogens is 344 g/mol. The fourth-order valence-electron chi connectivity index (χ4n) is 2.04. The molecule has 0 aliphatic carbocycles. The van der Waals surface area contributed by atoms with E-state index in [2.05, 4.69) is 47.6 Å². The van der Waals surface area contributed by atoms with Crippen molar-refractivity contribution in [2.24, 2.45) is 0 Å². The van der Waals surface area contributed by atoms with Crippen molar-refractivity contribution in [3.63, 3.8) is 0 Å². The Morgan fingerprint density at radius 2 is 1.47 bits per heavy atom. The van der Waals surface area contributed by atoms with Crippen LogP contribution in [0.2, 0.25) is 0 Å². The van der Waals surface area contributed by atoms with Crippen molar-refractivity contribution < 1.29 is 7.53 Å². The van der Waals surface area contributed by atoms with Crippen LogP contribution >= 0.6 is 20.0 Å². The Bertz CT molecular complexity index is 513. The maximum absolute atomic E-state index is 6.13. The summed E-state index contributed by atoms with van der Waals surface area (Å²) in [6, 6.07) is 4.18. The molecule has 0 radical (unpaired) electrons. The first-order chi connectivity index (χ1) is 8.40. The molecule has 2 nitrogen and oxygen atoms in total. The van der Waals surface area contributed by atoms with Crippen molar-refractivity contribution in [3.8, 4) is 11.5 Å². The summed E-state index contributed by atoms with van der Waals surface area (Å²) in [5, 5.41) is 0. The van der Waals surface area contributed by atoms with Crippen molar-refractivity contribution in [1.82, 2.24) is 0 Å². The molecule has 0 saturated carbocycles. The molecule has 1 heterocycles. The van der Waals surface area contributed by atoms with E-state index in [1.165, 1.54) is 5.56 Å². The average molecular weight is 364 g/mol. The molecule has 0 N–H and O–H groups in total. The molecule has 2 rings (SSSR count). The quantitative estimate of drug-likeness (QED) is 0.606. The SMILES string of the molecule is CC(C)(C)c1cc2c(c(C(C)(C)C)c1)[O][Ge]([Cl])([Cl])[O]2.